The van der Waals surface area contributed by atoms with Crippen LogP contribution in [0.4, 0.5) is 5.69 Å². The Morgan fingerprint density at radius 3 is 2.31 bits per heavy atom. The molecule has 0 fully saturated rings. The first-order valence-electron chi connectivity index (χ1n) is 4.70. The van der Waals surface area contributed by atoms with E-state index >= 15 is 0 Å². The van der Waals surface area contributed by atoms with Gasteiger partial charge in [0.25, 0.3) is 0 Å². The molecule has 1 N–H and O–H groups in total. The highest BCUT2D eigenvalue weighted by atomic mass is 32.2. The quantitative estimate of drug-likeness (QED) is 0.822. The molecule has 5 heteroatoms. The van der Waals surface area contributed by atoms with Crippen molar-refractivity contribution in [3.05, 3.63) is 12.1 Å². The lowest BCUT2D eigenvalue weighted by Gasteiger charge is -2.13. The molecule has 0 atom stereocenters. The summed E-state index contributed by atoms with van der Waals surface area (Å²) in [5.74, 6) is 1.20. The van der Waals surface area contributed by atoms with E-state index < -0.39 is 0 Å². The molecule has 1 rings (SSSR count). The molecular formula is C11H15NO3S. The Kier molecular flexibility index (Phi) is 4.49. The van der Waals surface area contributed by atoms with Gasteiger partial charge in [0, 0.05) is 13.0 Å². The molecule has 0 aliphatic carbocycles. The van der Waals surface area contributed by atoms with Gasteiger partial charge in [0.2, 0.25) is 5.91 Å². The van der Waals surface area contributed by atoms with Crippen molar-refractivity contribution < 1.29 is 14.3 Å². The first kappa shape index (κ1) is 12.7. The maximum Gasteiger partial charge on any atom is 0.221 e. The van der Waals surface area contributed by atoms with E-state index in [1.54, 1.807) is 32.0 Å². The number of thioether (sulfide) groups is 1. The molecule has 0 radical (unpaired) electrons. The van der Waals surface area contributed by atoms with Crippen molar-refractivity contribution in [1.82, 2.24) is 0 Å². The largest absolute Gasteiger partial charge is 0.496 e. The van der Waals surface area contributed by atoms with Gasteiger partial charge in [-0.15, -0.1) is 11.8 Å². The van der Waals surface area contributed by atoms with Crippen molar-refractivity contribution in [1.29, 1.82) is 0 Å². The van der Waals surface area contributed by atoms with Crippen LogP contribution in [0.3, 0.4) is 0 Å². The van der Waals surface area contributed by atoms with E-state index in [9.17, 15) is 4.79 Å². The van der Waals surface area contributed by atoms with E-state index in [1.165, 1.54) is 6.92 Å². The molecule has 88 valence electrons. The van der Waals surface area contributed by atoms with Gasteiger partial charge >= 0.3 is 0 Å². The highest BCUT2D eigenvalue weighted by molar-refractivity contribution is 7.98. The maximum absolute atomic E-state index is 11.0. The molecule has 0 heterocycles. The zero-order valence-corrected chi connectivity index (χ0v) is 10.6. The molecule has 0 aliphatic rings. The summed E-state index contributed by atoms with van der Waals surface area (Å²) in [6, 6.07) is 3.60. The Labute approximate surface area is 99.3 Å². The summed E-state index contributed by atoms with van der Waals surface area (Å²) in [4.78, 5) is 12.0. The van der Waals surface area contributed by atoms with Crippen molar-refractivity contribution >= 4 is 23.4 Å². The standard InChI is InChI=1S/C11H15NO3S/c1-7(13)12-8-5-10(15-3)11(16-4)6-9(8)14-2/h5-6H,1-4H3,(H,12,13). The third-order valence-electron chi connectivity index (χ3n) is 2.02. The third kappa shape index (κ3) is 2.82. The minimum atomic E-state index is -0.141. The normalized spacial score (nSPS) is 9.75. The molecule has 1 aromatic carbocycles. The van der Waals surface area contributed by atoms with Gasteiger partial charge in [0.1, 0.15) is 11.5 Å². The lowest BCUT2D eigenvalue weighted by atomic mass is 10.2. The molecule has 0 spiro atoms. The Morgan fingerprint density at radius 2 is 1.88 bits per heavy atom. The van der Waals surface area contributed by atoms with Crippen molar-refractivity contribution in [3.63, 3.8) is 0 Å². The van der Waals surface area contributed by atoms with Crippen LogP contribution in [-0.2, 0) is 4.79 Å². The summed E-state index contributed by atoms with van der Waals surface area (Å²) in [5.41, 5.74) is 0.615. The molecule has 0 saturated heterocycles. The summed E-state index contributed by atoms with van der Waals surface area (Å²) >= 11 is 1.56. The highest BCUT2D eigenvalue weighted by Gasteiger charge is 2.11. The SMILES string of the molecule is COc1cc(SC)c(OC)cc1NC(C)=O. The predicted molar refractivity (Wildman–Crippen MR) is 65.6 cm³/mol. The maximum atomic E-state index is 11.0. The number of methoxy groups -OCH3 is 2. The second-order valence-electron chi connectivity index (χ2n) is 3.09. The molecule has 0 aromatic heterocycles. The molecule has 1 amide bonds. The van der Waals surface area contributed by atoms with Gasteiger partial charge in [-0.05, 0) is 12.3 Å². The van der Waals surface area contributed by atoms with E-state index in [-0.39, 0.29) is 5.91 Å². The van der Waals surface area contributed by atoms with Crippen LogP contribution in [0.2, 0.25) is 0 Å². The number of benzene rings is 1. The summed E-state index contributed by atoms with van der Waals surface area (Å²) in [5, 5.41) is 2.70. The van der Waals surface area contributed by atoms with Crippen LogP contribution < -0.4 is 14.8 Å². The summed E-state index contributed by atoms with van der Waals surface area (Å²) in [6.07, 6.45) is 1.95. The molecule has 0 aliphatic heterocycles. The Bertz CT molecular complexity index is 393. The number of hydrogen-bond acceptors (Lipinski definition) is 4. The van der Waals surface area contributed by atoms with Crippen LogP contribution >= 0.6 is 11.8 Å². The first-order valence-corrected chi connectivity index (χ1v) is 5.92. The zero-order valence-electron chi connectivity index (χ0n) is 9.79. The van der Waals surface area contributed by atoms with Crippen LogP contribution in [0.5, 0.6) is 11.5 Å². The smallest absolute Gasteiger partial charge is 0.221 e. The van der Waals surface area contributed by atoms with Crippen molar-refractivity contribution in [2.24, 2.45) is 0 Å². The van der Waals surface area contributed by atoms with E-state index in [2.05, 4.69) is 5.32 Å². The molecule has 16 heavy (non-hydrogen) atoms. The van der Waals surface area contributed by atoms with E-state index in [4.69, 9.17) is 9.47 Å². The lowest BCUT2D eigenvalue weighted by Crippen LogP contribution is -2.07. The van der Waals surface area contributed by atoms with Crippen molar-refractivity contribution in [3.8, 4) is 11.5 Å². The van der Waals surface area contributed by atoms with Crippen LogP contribution in [0.15, 0.2) is 17.0 Å². The van der Waals surface area contributed by atoms with Crippen LogP contribution in [0.1, 0.15) is 6.92 Å². The number of anilines is 1. The number of carbonyl (C=O) groups is 1. The van der Waals surface area contributed by atoms with Gasteiger partial charge in [0.15, 0.2) is 0 Å². The second-order valence-corrected chi connectivity index (χ2v) is 3.94. The molecular weight excluding hydrogens is 226 g/mol. The highest BCUT2D eigenvalue weighted by Crippen LogP contribution is 2.37. The summed E-state index contributed by atoms with van der Waals surface area (Å²) in [7, 11) is 3.16. The monoisotopic (exact) mass is 241 g/mol. The van der Waals surface area contributed by atoms with E-state index in [0.717, 1.165) is 10.6 Å². The van der Waals surface area contributed by atoms with Gasteiger partial charge in [-0.1, -0.05) is 0 Å². The molecule has 0 bridgehead atoms. The minimum absolute atomic E-state index is 0.141. The molecule has 1 aromatic rings. The summed E-state index contributed by atoms with van der Waals surface area (Å²) in [6.45, 7) is 1.45. The van der Waals surface area contributed by atoms with Crippen LogP contribution in [0, 0.1) is 0 Å². The molecule has 4 nitrogen and oxygen atoms in total. The van der Waals surface area contributed by atoms with Gasteiger partial charge < -0.3 is 14.8 Å². The van der Waals surface area contributed by atoms with Crippen molar-refractivity contribution in [2.75, 3.05) is 25.8 Å². The lowest BCUT2D eigenvalue weighted by molar-refractivity contribution is -0.114. The Morgan fingerprint density at radius 1 is 1.25 bits per heavy atom. The average Bonchev–Trinajstić information content (AvgIpc) is 2.27. The molecule has 0 saturated carbocycles. The fourth-order valence-electron chi connectivity index (χ4n) is 1.32. The van der Waals surface area contributed by atoms with Crippen LogP contribution in [-0.4, -0.2) is 26.4 Å². The number of hydrogen-bond donors (Lipinski definition) is 1. The van der Waals surface area contributed by atoms with Crippen molar-refractivity contribution in [2.45, 2.75) is 11.8 Å². The van der Waals surface area contributed by atoms with E-state index in [0.29, 0.717) is 11.4 Å². The van der Waals surface area contributed by atoms with Gasteiger partial charge in [-0.25, -0.2) is 0 Å². The van der Waals surface area contributed by atoms with E-state index in [1.807, 2.05) is 12.3 Å². The van der Waals surface area contributed by atoms with Gasteiger partial charge in [-0.2, -0.15) is 0 Å². The molecule has 0 unspecified atom stereocenters. The van der Waals surface area contributed by atoms with Gasteiger partial charge in [0.05, 0.1) is 24.8 Å². The minimum Gasteiger partial charge on any atom is -0.496 e. The van der Waals surface area contributed by atoms with Gasteiger partial charge in [-0.3, -0.25) is 4.79 Å². The summed E-state index contributed by atoms with van der Waals surface area (Å²) < 4.78 is 10.4. The number of nitrogens with one attached hydrogen (secondary N) is 1. The number of ether oxygens (including phenoxy) is 2. The zero-order chi connectivity index (χ0) is 12.1. The number of amides is 1. The fraction of sp³-hybridized carbons (Fsp3) is 0.364. The first-order chi connectivity index (χ1) is 7.62. The number of carbonyl (C=O) groups excluding carboxylic acids is 1. The van der Waals surface area contributed by atoms with Crippen LogP contribution in [0.25, 0.3) is 0 Å². The topological polar surface area (TPSA) is 47.6 Å². The second kappa shape index (κ2) is 5.65. The Balaban J connectivity index is 3.20. The average molecular weight is 241 g/mol. The number of rotatable bonds is 4. The fourth-order valence-corrected chi connectivity index (χ4v) is 1.88. The predicted octanol–water partition coefficient (Wildman–Crippen LogP) is 2.38. The Hall–Kier alpha value is -1.36. The third-order valence-corrected chi connectivity index (χ3v) is 2.78.